The molecule has 0 aliphatic carbocycles. The Labute approximate surface area is 149 Å². The van der Waals surface area contributed by atoms with Crippen LogP contribution in [-0.2, 0) is 6.54 Å². The molecule has 0 spiro atoms. The SMILES string of the molecule is CN(Cc1c(F)cccc1Cl)C(=O)c1cc(Br)ccc1I. The molecule has 2 aromatic rings. The highest BCUT2D eigenvalue weighted by Gasteiger charge is 2.18. The molecular formula is C15H11BrClFINO. The summed E-state index contributed by atoms with van der Waals surface area (Å²) in [6, 6.07) is 9.96. The highest BCUT2D eigenvalue weighted by Crippen LogP contribution is 2.23. The molecule has 0 saturated carbocycles. The number of amides is 1. The number of rotatable bonds is 3. The molecular weight excluding hydrogens is 471 g/mol. The molecule has 1 amide bonds. The highest BCUT2D eigenvalue weighted by molar-refractivity contribution is 14.1. The predicted molar refractivity (Wildman–Crippen MR) is 94.1 cm³/mol. The summed E-state index contributed by atoms with van der Waals surface area (Å²) >= 11 is 11.4. The van der Waals surface area contributed by atoms with Crippen molar-refractivity contribution >= 4 is 56.0 Å². The second-order valence-corrected chi connectivity index (χ2v) is 6.97. The van der Waals surface area contributed by atoms with Gasteiger partial charge in [0.2, 0.25) is 0 Å². The lowest BCUT2D eigenvalue weighted by Gasteiger charge is -2.19. The molecule has 6 heteroatoms. The molecule has 0 aliphatic rings. The normalized spacial score (nSPS) is 10.5. The highest BCUT2D eigenvalue weighted by atomic mass is 127. The summed E-state index contributed by atoms with van der Waals surface area (Å²) in [4.78, 5) is 13.9. The third-order valence-corrected chi connectivity index (χ3v) is 4.75. The lowest BCUT2D eigenvalue weighted by Crippen LogP contribution is -2.27. The number of hydrogen-bond donors (Lipinski definition) is 0. The largest absolute Gasteiger partial charge is 0.337 e. The Hall–Kier alpha value is -0.660. The van der Waals surface area contributed by atoms with Crippen molar-refractivity contribution < 1.29 is 9.18 Å². The molecule has 2 rings (SSSR count). The fraction of sp³-hybridized carbons (Fsp3) is 0.133. The van der Waals surface area contributed by atoms with E-state index in [1.54, 1.807) is 25.2 Å². The second-order valence-electron chi connectivity index (χ2n) is 4.49. The smallest absolute Gasteiger partial charge is 0.255 e. The van der Waals surface area contributed by atoms with E-state index in [1.165, 1.54) is 11.0 Å². The summed E-state index contributed by atoms with van der Waals surface area (Å²) < 4.78 is 15.5. The Kier molecular flexibility index (Phi) is 5.62. The van der Waals surface area contributed by atoms with Gasteiger partial charge in [-0.1, -0.05) is 33.6 Å². The van der Waals surface area contributed by atoms with E-state index in [2.05, 4.69) is 38.5 Å². The molecule has 0 radical (unpaired) electrons. The predicted octanol–water partition coefficient (Wildman–Crippen LogP) is 5.12. The molecule has 0 atom stereocenters. The first-order chi connectivity index (χ1) is 9.90. The molecule has 0 N–H and O–H groups in total. The summed E-state index contributed by atoms with van der Waals surface area (Å²) in [6.45, 7) is 0.118. The van der Waals surface area contributed by atoms with Crippen LogP contribution in [0.3, 0.4) is 0 Å². The van der Waals surface area contributed by atoms with Gasteiger partial charge in [-0.2, -0.15) is 0 Å². The van der Waals surface area contributed by atoms with Crippen LogP contribution in [0.15, 0.2) is 40.9 Å². The van der Waals surface area contributed by atoms with E-state index in [-0.39, 0.29) is 12.5 Å². The van der Waals surface area contributed by atoms with Gasteiger partial charge >= 0.3 is 0 Å². The second kappa shape index (κ2) is 7.07. The van der Waals surface area contributed by atoms with E-state index in [4.69, 9.17) is 11.6 Å². The van der Waals surface area contributed by atoms with Gasteiger partial charge in [-0.15, -0.1) is 0 Å². The van der Waals surface area contributed by atoms with Crippen LogP contribution in [0, 0.1) is 9.39 Å². The van der Waals surface area contributed by atoms with Crippen LogP contribution in [0.25, 0.3) is 0 Å². The van der Waals surface area contributed by atoms with Crippen molar-refractivity contribution in [2.24, 2.45) is 0 Å². The summed E-state index contributed by atoms with van der Waals surface area (Å²) in [5.41, 5.74) is 0.889. The molecule has 0 fully saturated rings. The first-order valence-electron chi connectivity index (χ1n) is 6.03. The maximum atomic E-state index is 13.8. The minimum atomic E-state index is -0.411. The maximum Gasteiger partial charge on any atom is 0.255 e. The van der Waals surface area contributed by atoms with Gasteiger partial charge in [0.25, 0.3) is 5.91 Å². The minimum Gasteiger partial charge on any atom is -0.337 e. The van der Waals surface area contributed by atoms with Crippen molar-refractivity contribution in [2.45, 2.75) is 6.54 Å². The van der Waals surface area contributed by atoms with Crippen molar-refractivity contribution in [3.8, 4) is 0 Å². The van der Waals surface area contributed by atoms with E-state index in [0.717, 1.165) is 8.04 Å². The molecule has 110 valence electrons. The van der Waals surface area contributed by atoms with Crippen LogP contribution in [0.2, 0.25) is 5.02 Å². The lowest BCUT2D eigenvalue weighted by molar-refractivity contribution is 0.0783. The van der Waals surface area contributed by atoms with Crippen LogP contribution in [0.4, 0.5) is 4.39 Å². The standard InChI is InChI=1S/C15H11BrClFINO/c1-20(8-11-12(17)3-2-4-13(11)18)15(21)10-7-9(16)5-6-14(10)19/h2-7H,8H2,1H3. The fourth-order valence-electron chi connectivity index (χ4n) is 1.86. The van der Waals surface area contributed by atoms with E-state index in [9.17, 15) is 9.18 Å². The molecule has 0 aliphatic heterocycles. The van der Waals surface area contributed by atoms with Crippen molar-refractivity contribution in [3.63, 3.8) is 0 Å². The van der Waals surface area contributed by atoms with E-state index < -0.39 is 5.82 Å². The zero-order chi connectivity index (χ0) is 15.6. The molecule has 0 saturated heterocycles. The van der Waals surface area contributed by atoms with Gasteiger partial charge in [-0.05, 0) is 52.9 Å². The van der Waals surface area contributed by atoms with Gasteiger partial charge in [0, 0.05) is 32.2 Å². The summed E-state index contributed by atoms with van der Waals surface area (Å²) in [7, 11) is 1.63. The van der Waals surface area contributed by atoms with Crippen LogP contribution in [-0.4, -0.2) is 17.9 Å². The number of nitrogens with zero attached hydrogens (tertiary/aromatic N) is 1. The number of hydrogen-bond acceptors (Lipinski definition) is 1. The Morgan fingerprint density at radius 1 is 1.38 bits per heavy atom. The number of benzene rings is 2. The minimum absolute atomic E-state index is 0.118. The monoisotopic (exact) mass is 481 g/mol. The first kappa shape index (κ1) is 16.7. The zero-order valence-corrected chi connectivity index (χ0v) is 15.5. The fourth-order valence-corrected chi connectivity index (χ4v) is 3.01. The van der Waals surface area contributed by atoms with Gasteiger partial charge in [0.05, 0.1) is 5.56 Å². The van der Waals surface area contributed by atoms with Crippen molar-refractivity contribution in [3.05, 3.63) is 66.4 Å². The molecule has 2 nitrogen and oxygen atoms in total. The van der Waals surface area contributed by atoms with Gasteiger partial charge in [-0.3, -0.25) is 4.79 Å². The van der Waals surface area contributed by atoms with Crippen LogP contribution in [0.5, 0.6) is 0 Å². The molecule has 0 bridgehead atoms. The van der Waals surface area contributed by atoms with Gasteiger partial charge in [0.15, 0.2) is 0 Å². The summed E-state index contributed by atoms with van der Waals surface area (Å²) in [5.74, 6) is -0.592. The lowest BCUT2D eigenvalue weighted by atomic mass is 10.1. The van der Waals surface area contributed by atoms with Gasteiger partial charge < -0.3 is 4.90 Å². The third kappa shape index (κ3) is 3.96. The Morgan fingerprint density at radius 3 is 2.76 bits per heavy atom. The molecule has 0 unspecified atom stereocenters. The zero-order valence-electron chi connectivity index (χ0n) is 11.0. The molecule has 0 heterocycles. The number of carbonyl (C=O) groups excluding carboxylic acids is 1. The average Bonchev–Trinajstić information content (AvgIpc) is 2.44. The third-order valence-electron chi connectivity index (χ3n) is 2.96. The molecule has 2 aromatic carbocycles. The first-order valence-corrected chi connectivity index (χ1v) is 8.28. The maximum absolute atomic E-state index is 13.8. The Balaban J connectivity index is 2.26. The van der Waals surface area contributed by atoms with E-state index in [1.807, 2.05) is 12.1 Å². The van der Waals surface area contributed by atoms with E-state index in [0.29, 0.717) is 16.1 Å². The van der Waals surface area contributed by atoms with Crippen molar-refractivity contribution in [2.75, 3.05) is 7.05 Å². The Morgan fingerprint density at radius 2 is 2.10 bits per heavy atom. The van der Waals surface area contributed by atoms with Crippen LogP contribution >= 0.6 is 50.1 Å². The average molecular weight is 483 g/mol. The van der Waals surface area contributed by atoms with Crippen molar-refractivity contribution in [1.29, 1.82) is 0 Å². The quantitative estimate of drug-likeness (QED) is 0.557. The number of halogens is 4. The topological polar surface area (TPSA) is 20.3 Å². The van der Waals surface area contributed by atoms with Crippen molar-refractivity contribution in [1.82, 2.24) is 4.90 Å². The summed E-state index contributed by atoms with van der Waals surface area (Å²) in [6.07, 6.45) is 0. The van der Waals surface area contributed by atoms with Crippen LogP contribution < -0.4 is 0 Å². The molecule has 21 heavy (non-hydrogen) atoms. The number of carbonyl (C=O) groups is 1. The van der Waals surface area contributed by atoms with E-state index >= 15 is 0 Å². The van der Waals surface area contributed by atoms with Crippen LogP contribution in [0.1, 0.15) is 15.9 Å². The summed E-state index contributed by atoms with van der Waals surface area (Å²) in [5, 5.41) is 0.318. The van der Waals surface area contributed by atoms with Gasteiger partial charge in [-0.25, -0.2) is 4.39 Å². The Bertz CT molecular complexity index is 675. The molecule has 0 aromatic heterocycles. The van der Waals surface area contributed by atoms with Gasteiger partial charge in [0.1, 0.15) is 5.82 Å².